The maximum atomic E-state index is 13.0. The Bertz CT molecular complexity index is 1000. The third-order valence-corrected chi connectivity index (χ3v) is 7.36. The average Bonchev–Trinajstić information content (AvgIpc) is 3.18. The second-order valence-electron chi connectivity index (χ2n) is 9.67. The topological polar surface area (TPSA) is 78.9 Å². The molecule has 1 saturated heterocycles. The Balaban J connectivity index is 1.24. The van der Waals surface area contributed by atoms with Gasteiger partial charge in [0.2, 0.25) is 5.91 Å². The lowest BCUT2D eigenvalue weighted by atomic mass is 9.83. The van der Waals surface area contributed by atoms with E-state index in [1.54, 1.807) is 18.2 Å². The summed E-state index contributed by atoms with van der Waals surface area (Å²) in [5.74, 6) is 0.653. The van der Waals surface area contributed by atoms with E-state index in [1.807, 2.05) is 42.2 Å². The third kappa shape index (κ3) is 6.10. The van der Waals surface area contributed by atoms with Gasteiger partial charge in [-0.05, 0) is 75.3 Å². The zero-order chi connectivity index (χ0) is 24.1. The van der Waals surface area contributed by atoms with Crippen molar-refractivity contribution in [3.8, 4) is 5.75 Å². The van der Waals surface area contributed by atoms with Crippen LogP contribution >= 0.6 is 11.6 Å². The number of rotatable bonds is 8. The number of halogens is 1. The van der Waals surface area contributed by atoms with Gasteiger partial charge in [0.05, 0.1) is 12.1 Å². The Kier molecular flexibility index (Phi) is 7.79. The van der Waals surface area contributed by atoms with Crippen molar-refractivity contribution in [1.82, 2.24) is 10.2 Å². The van der Waals surface area contributed by atoms with Crippen LogP contribution in [0.5, 0.6) is 5.75 Å². The lowest BCUT2D eigenvalue weighted by Gasteiger charge is -2.37. The van der Waals surface area contributed by atoms with Crippen molar-refractivity contribution in [2.24, 2.45) is 5.92 Å². The fraction of sp³-hybridized carbons (Fsp3) is 0.481. The molecule has 2 fully saturated rings. The molecule has 182 valence electrons. The van der Waals surface area contributed by atoms with Gasteiger partial charge in [-0.25, -0.2) is 0 Å². The Labute approximate surface area is 206 Å². The molecule has 1 saturated carbocycles. The fourth-order valence-corrected chi connectivity index (χ4v) is 5.17. The summed E-state index contributed by atoms with van der Waals surface area (Å²) in [6.45, 7) is 3.38. The predicted octanol–water partition coefficient (Wildman–Crippen LogP) is 4.23. The number of carbonyl (C=O) groups excluding carboxylic acids is 2. The molecule has 34 heavy (non-hydrogen) atoms. The van der Waals surface area contributed by atoms with E-state index >= 15 is 0 Å². The van der Waals surface area contributed by atoms with Gasteiger partial charge in [-0.1, -0.05) is 35.9 Å². The van der Waals surface area contributed by atoms with E-state index < -0.39 is 5.60 Å². The number of ether oxygens (including phenoxy) is 1. The van der Waals surface area contributed by atoms with E-state index in [-0.39, 0.29) is 23.8 Å². The second-order valence-corrected chi connectivity index (χ2v) is 10.1. The summed E-state index contributed by atoms with van der Waals surface area (Å²) in [5, 5.41) is 13.6. The molecule has 2 amide bonds. The SMILES string of the molecule is CC1(O)CCC(N2CCC(Cc3ccc(OCCNC(=O)c4ccccc4)cc3Cl)C2=O)CC1. The van der Waals surface area contributed by atoms with Crippen molar-refractivity contribution < 1.29 is 19.4 Å². The highest BCUT2D eigenvalue weighted by atomic mass is 35.5. The summed E-state index contributed by atoms with van der Waals surface area (Å²) in [4.78, 5) is 27.1. The first-order valence-electron chi connectivity index (χ1n) is 12.1. The molecule has 1 aliphatic carbocycles. The number of carbonyl (C=O) groups is 2. The van der Waals surface area contributed by atoms with Crippen LogP contribution in [0.3, 0.4) is 0 Å². The maximum Gasteiger partial charge on any atom is 0.251 e. The minimum Gasteiger partial charge on any atom is -0.492 e. The normalized spacial score (nSPS) is 24.8. The summed E-state index contributed by atoms with van der Waals surface area (Å²) < 4.78 is 5.74. The summed E-state index contributed by atoms with van der Waals surface area (Å²) in [7, 11) is 0. The van der Waals surface area contributed by atoms with Crippen molar-refractivity contribution in [1.29, 1.82) is 0 Å². The Morgan fingerprint density at radius 2 is 1.91 bits per heavy atom. The molecule has 0 spiro atoms. The molecule has 2 aromatic carbocycles. The fourth-order valence-electron chi connectivity index (χ4n) is 4.92. The highest BCUT2D eigenvalue weighted by molar-refractivity contribution is 6.31. The maximum absolute atomic E-state index is 13.0. The smallest absolute Gasteiger partial charge is 0.251 e. The van der Waals surface area contributed by atoms with Gasteiger partial charge < -0.3 is 20.1 Å². The largest absolute Gasteiger partial charge is 0.492 e. The van der Waals surface area contributed by atoms with Crippen molar-refractivity contribution in [3.05, 3.63) is 64.7 Å². The number of amides is 2. The Morgan fingerprint density at radius 3 is 2.62 bits per heavy atom. The number of likely N-dealkylation sites (tertiary alicyclic amines) is 1. The zero-order valence-electron chi connectivity index (χ0n) is 19.6. The molecule has 2 aliphatic rings. The minimum atomic E-state index is -0.594. The van der Waals surface area contributed by atoms with Crippen molar-refractivity contribution in [3.63, 3.8) is 0 Å². The van der Waals surface area contributed by atoms with Gasteiger partial charge in [0.25, 0.3) is 5.91 Å². The molecule has 4 rings (SSSR count). The van der Waals surface area contributed by atoms with Crippen LogP contribution in [0.15, 0.2) is 48.5 Å². The van der Waals surface area contributed by atoms with Gasteiger partial charge in [0, 0.05) is 29.1 Å². The molecular weight excluding hydrogens is 452 g/mol. The first kappa shape index (κ1) is 24.6. The number of aliphatic hydroxyl groups is 1. The van der Waals surface area contributed by atoms with Crippen LogP contribution < -0.4 is 10.1 Å². The van der Waals surface area contributed by atoms with Crippen LogP contribution in [0, 0.1) is 5.92 Å². The predicted molar refractivity (Wildman–Crippen MR) is 132 cm³/mol. The highest BCUT2D eigenvalue weighted by Gasteiger charge is 2.39. The monoisotopic (exact) mass is 484 g/mol. The summed E-state index contributed by atoms with van der Waals surface area (Å²) in [5.41, 5.74) is 0.965. The van der Waals surface area contributed by atoms with Crippen LogP contribution in [-0.4, -0.2) is 53.2 Å². The second kappa shape index (κ2) is 10.8. The van der Waals surface area contributed by atoms with E-state index in [9.17, 15) is 14.7 Å². The first-order chi connectivity index (χ1) is 16.3. The standard InChI is InChI=1S/C27H33ClN2O4/c1-27(33)12-9-22(10-13-27)30-15-11-21(26(30)32)17-20-7-8-23(18-24(20)28)34-16-14-29-25(31)19-5-3-2-4-6-19/h2-8,18,21-22,33H,9-17H2,1H3,(H,29,31). The highest BCUT2D eigenvalue weighted by Crippen LogP contribution is 2.35. The van der Waals surface area contributed by atoms with Crippen LogP contribution in [0.1, 0.15) is 54.9 Å². The molecule has 1 aliphatic heterocycles. The summed E-state index contributed by atoms with van der Waals surface area (Å²) in [6, 6.07) is 14.9. The van der Waals surface area contributed by atoms with Gasteiger partial charge in [0.15, 0.2) is 0 Å². The minimum absolute atomic E-state index is 0.0556. The van der Waals surface area contributed by atoms with Crippen LogP contribution in [0.2, 0.25) is 5.02 Å². The van der Waals surface area contributed by atoms with Gasteiger partial charge in [0.1, 0.15) is 12.4 Å². The first-order valence-corrected chi connectivity index (χ1v) is 12.5. The van der Waals surface area contributed by atoms with Gasteiger partial charge >= 0.3 is 0 Å². The van der Waals surface area contributed by atoms with E-state index in [0.29, 0.717) is 35.9 Å². The third-order valence-electron chi connectivity index (χ3n) is 7.01. The van der Waals surface area contributed by atoms with Gasteiger partial charge in [-0.2, -0.15) is 0 Å². The van der Waals surface area contributed by atoms with Crippen LogP contribution in [0.25, 0.3) is 0 Å². The van der Waals surface area contributed by atoms with Crippen LogP contribution in [-0.2, 0) is 11.2 Å². The molecular formula is C27H33ClN2O4. The Hall–Kier alpha value is -2.57. The molecule has 1 unspecified atom stereocenters. The number of benzene rings is 2. The quantitative estimate of drug-likeness (QED) is 0.549. The van der Waals surface area contributed by atoms with Gasteiger partial charge in [-0.3, -0.25) is 9.59 Å². The van der Waals surface area contributed by atoms with Gasteiger partial charge in [-0.15, -0.1) is 0 Å². The van der Waals surface area contributed by atoms with E-state index in [4.69, 9.17) is 16.3 Å². The average molecular weight is 485 g/mol. The lowest BCUT2D eigenvalue weighted by molar-refractivity contribution is -0.134. The molecule has 1 heterocycles. The summed E-state index contributed by atoms with van der Waals surface area (Å²) >= 11 is 6.51. The van der Waals surface area contributed by atoms with Crippen LogP contribution in [0.4, 0.5) is 0 Å². The molecule has 2 N–H and O–H groups in total. The molecule has 0 radical (unpaired) electrons. The van der Waals surface area contributed by atoms with Crippen molar-refractivity contribution >= 4 is 23.4 Å². The van der Waals surface area contributed by atoms with Crippen molar-refractivity contribution in [2.45, 2.75) is 57.1 Å². The lowest BCUT2D eigenvalue weighted by Crippen LogP contribution is -2.43. The molecule has 0 aromatic heterocycles. The summed E-state index contributed by atoms with van der Waals surface area (Å²) in [6.07, 6.45) is 4.67. The number of nitrogens with one attached hydrogen (secondary N) is 1. The number of hydrogen-bond donors (Lipinski definition) is 2. The molecule has 0 bridgehead atoms. The molecule has 6 nitrogen and oxygen atoms in total. The number of nitrogens with zero attached hydrogens (tertiary/aromatic N) is 1. The zero-order valence-corrected chi connectivity index (χ0v) is 20.4. The van der Waals surface area contributed by atoms with E-state index in [2.05, 4.69) is 5.32 Å². The number of hydrogen-bond acceptors (Lipinski definition) is 4. The van der Waals surface area contributed by atoms with E-state index in [1.165, 1.54) is 0 Å². The van der Waals surface area contributed by atoms with Crippen molar-refractivity contribution in [2.75, 3.05) is 19.7 Å². The molecule has 1 atom stereocenters. The molecule has 7 heteroatoms. The Morgan fingerprint density at radius 1 is 1.18 bits per heavy atom. The van der Waals surface area contributed by atoms with E-state index in [0.717, 1.165) is 44.2 Å². The molecule has 2 aromatic rings.